The fourth-order valence-electron chi connectivity index (χ4n) is 4.84. The summed E-state index contributed by atoms with van der Waals surface area (Å²) in [6, 6.07) is 15.0. The van der Waals surface area contributed by atoms with Crippen LogP contribution in [-0.2, 0) is 11.3 Å². The highest BCUT2D eigenvalue weighted by molar-refractivity contribution is 5.99. The Hall–Kier alpha value is -3.35. The molecule has 0 radical (unpaired) electrons. The molecule has 0 fully saturated rings. The summed E-state index contributed by atoms with van der Waals surface area (Å²) in [5, 5.41) is 3.17. The van der Waals surface area contributed by atoms with Crippen molar-refractivity contribution in [1.29, 1.82) is 0 Å². The molecule has 1 atom stereocenters. The maximum Gasteiger partial charge on any atom is 0.251 e. The van der Waals surface area contributed by atoms with E-state index in [9.17, 15) is 9.59 Å². The molecule has 0 aromatic heterocycles. The number of carbonyl (C=O) groups excluding carboxylic acids is 2. The molecule has 34 heavy (non-hydrogen) atoms. The molecule has 7 heteroatoms. The first-order chi connectivity index (χ1) is 16.1. The molecule has 2 aliphatic rings. The normalized spacial score (nSPS) is 20.7. The summed E-state index contributed by atoms with van der Waals surface area (Å²) in [4.78, 5) is 32.2. The lowest BCUT2D eigenvalue weighted by molar-refractivity contribution is -0.130. The van der Waals surface area contributed by atoms with E-state index in [0.29, 0.717) is 18.4 Å². The Morgan fingerprint density at radius 3 is 2.62 bits per heavy atom. The van der Waals surface area contributed by atoms with Gasteiger partial charge in [-0.05, 0) is 50.5 Å². The SMILES string of the molecule is CCC1(CC)CC(=O)N(Cc2cccc(C(=O)N[C@H]3CC(C)(C)Oc4ccccc43)c2)C(N)=N1. The fraction of sp³-hybridized carbons (Fsp3) is 0.444. The summed E-state index contributed by atoms with van der Waals surface area (Å²) in [6.07, 6.45) is 2.55. The second kappa shape index (κ2) is 9.12. The van der Waals surface area contributed by atoms with Gasteiger partial charge in [0.1, 0.15) is 11.4 Å². The van der Waals surface area contributed by atoms with Crippen LogP contribution in [0.4, 0.5) is 0 Å². The number of nitrogens with two attached hydrogens (primary N) is 1. The van der Waals surface area contributed by atoms with Crippen molar-refractivity contribution in [2.45, 2.75) is 77.1 Å². The molecule has 0 unspecified atom stereocenters. The van der Waals surface area contributed by atoms with E-state index < -0.39 is 5.54 Å². The molecule has 0 aliphatic carbocycles. The molecule has 0 saturated carbocycles. The number of nitrogens with zero attached hydrogens (tertiary/aromatic N) is 2. The van der Waals surface area contributed by atoms with Crippen molar-refractivity contribution in [1.82, 2.24) is 10.2 Å². The molecule has 0 spiro atoms. The smallest absolute Gasteiger partial charge is 0.251 e. The van der Waals surface area contributed by atoms with E-state index in [1.54, 1.807) is 6.07 Å². The molecule has 2 aromatic carbocycles. The van der Waals surface area contributed by atoms with E-state index in [1.807, 2.05) is 70.2 Å². The van der Waals surface area contributed by atoms with Gasteiger partial charge in [-0.15, -0.1) is 0 Å². The van der Waals surface area contributed by atoms with Gasteiger partial charge in [-0.3, -0.25) is 14.5 Å². The Morgan fingerprint density at radius 1 is 1.18 bits per heavy atom. The Balaban J connectivity index is 1.51. The van der Waals surface area contributed by atoms with E-state index in [2.05, 4.69) is 10.3 Å². The highest BCUT2D eigenvalue weighted by Gasteiger charge is 2.37. The van der Waals surface area contributed by atoms with Gasteiger partial charge in [-0.1, -0.05) is 44.2 Å². The van der Waals surface area contributed by atoms with Crippen LogP contribution >= 0.6 is 0 Å². The zero-order valence-corrected chi connectivity index (χ0v) is 20.4. The molecule has 7 nitrogen and oxygen atoms in total. The number of rotatable bonds is 6. The number of amides is 2. The average Bonchev–Trinajstić information content (AvgIpc) is 2.80. The Labute approximate surface area is 201 Å². The summed E-state index contributed by atoms with van der Waals surface area (Å²) in [5.74, 6) is 0.844. The number of aliphatic imine (C=N–C) groups is 1. The van der Waals surface area contributed by atoms with Crippen LogP contribution < -0.4 is 15.8 Å². The zero-order valence-electron chi connectivity index (χ0n) is 20.4. The van der Waals surface area contributed by atoms with E-state index >= 15 is 0 Å². The highest BCUT2D eigenvalue weighted by atomic mass is 16.5. The standard InChI is InChI=1S/C27H34N4O3/c1-5-27(6-2)16-23(32)31(25(28)30-27)17-18-10-9-11-19(14-18)24(33)29-21-15-26(3,4)34-22-13-8-7-12-20(21)22/h7-14,21H,5-6,15-17H2,1-4H3,(H2,28,30)(H,29,33)/t21-/m0/s1. The molecule has 2 aliphatic heterocycles. The van der Waals surface area contributed by atoms with E-state index in [4.69, 9.17) is 10.5 Å². The van der Waals surface area contributed by atoms with Crippen molar-refractivity contribution in [3.05, 3.63) is 65.2 Å². The molecule has 2 amide bonds. The largest absolute Gasteiger partial charge is 0.487 e. The number of hydrogen-bond donors (Lipinski definition) is 2. The molecule has 3 N–H and O–H groups in total. The molecule has 0 saturated heterocycles. The molecular formula is C27H34N4O3. The fourth-order valence-corrected chi connectivity index (χ4v) is 4.84. The van der Waals surface area contributed by atoms with Crippen molar-refractivity contribution in [2.75, 3.05) is 0 Å². The minimum Gasteiger partial charge on any atom is -0.487 e. The summed E-state index contributed by atoms with van der Waals surface area (Å²) >= 11 is 0. The number of guanidine groups is 1. The maximum absolute atomic E-state index is 13.2. The Morgan fingerprint density at radius 2 is 1.91 bits per heavy atom. The molecule has 180 valence electrons. The molecule has 4 rings (SSSR count). The first-order valence-electron chi connectivity index (χ1n) is 12.0. The molecule has 0 bridgehead atoms. The topological polar surface area (TPSA) is 97.0 Å². The Bertz CT molecular complexity index is 1120. The predicted octanol–water partition coefficient (Wildman–Crippen LogP) is 4.32. The number of para-hydroxylation sites is 1. The number of benzene rings is 2. The van der Waals surface area contributed by atoms with Gasteiger partial charge in [0.25, 0.3) is 5.91 Å². The second-order valence-corrected chi connectivity index (χ2v) is 9.89. The second-order valence-electron chi connectivity index (χ2n) is 9.89. The van der Waals surface area contributed by atoms with Crippen LogP contribution in [0.2, 0.25) is 0 Å². The lowest BCUT2D eigenvalue weighted by Crippen LogP contribution is -2.50. The van der Waals surface area contributed by atoms with Crippen LogP contribution in [0, 0.1) is 0 Å². The molecular weight excluding hydrogens is 428 g/mol. The van der Waals surface area contributed by atoms with Gasteiger partial charge < -0.3 is 15.8 Å². The van der Waals surface area contributed by atoms with Crippen LogP contribution in [0.5, 0.6) is 5.75 Å². The number of hydrogen-bond acceptors (Lipinski definition) is 5. The highest BCUT2D eigenvalue weighted by Crippen LogP contribution is 2.39. The average molecular weight is 463 g/mol. The Kier molecular flexibility index (Phi) is 6.39. The summed E-state index contributed by atoms with van der Waals surface area (Å²) in [6.45, 7) is 8.39. The zero-order chi connectivity index (χ0) is 24.5. The van der Waals surface area contributed by atoms with E-state index in [1.165, 1.54) is 4.90 Å². The summed E-state index contributed by atoms with van der Waals surface area (Å²) in [7, 11) is 0. The van der Waals surface area contributed by atoms with Gasteiger partial charge >= 0.3 is 0 Å². The summed E-state index contributed by atoms with van der Waals surface area (Å²) < 4.78 is 6.08. The van der Waals surface area contributed by atoms with Crippen molar-refractivity contribution < 1.29 is 14.3 Å². The quantitative estimate of drug-likeness (QED) is 0.668. The first kappa shape index (κ1) is 23.8. The van der Waals surface area contributed by atoms with Crippen LogP contribution in [-0.4, -0.2) is 33.8 Å². The monoisotopic (exact) mass is 462 g/mol. The van der Waals surface area contributed by atoms with Gasteiger partial charge in [-0.2, -0.15) is 0 Å². The van der Waals surface area contributed by atoms with Crippen molar-refractivity contribution >= 4 is 17.8 Å². The van der Waals surface area contributed by atoms with Gasteiger partial charge in [0.15, 0.2) is 5.96 Å². The minimum atomic E-state index is -0.410. The van der Waals surface area contributed by atoms with Crippen LogP contribution in [0.25, 0.3) is 0 Å². The van der Waals surface area contributed by atoms with Crippen LogP contribution in [0.1, 0.15) is 80.9 Å². The van der Waals surface area contributed by atoms with Gasteiger partial charge in [0.2, 0.25) is 5.91 Å². The van der Waals surface area contributed by atoms with Crippen LogP contribution in [0.3, 0.4) is 0 Å². The number of nitrogens with one attached hydrogen (secondary N) is 1. The van der Waals surface area contributed by atoms with Crippen LogP contribution in [0.15, 0.2) is 53.5 Å². The van der Waals surface area contributed by atoms with E-state index in [0.717, 1.165) is 29.7 Å². The molecule has 2 heterocycles. The van der Waals surface area contributed by atoms with Crippen molar-refractivity contribution in [3.63, 3.8) is 0 Å². The lowest BCUT2D eigenvalue weighted by Gasteiger charge is -2.38. The third kappa shape index (κ3) is 4.79. The number of ether oxygens (including phenoxy) is 1. The maximum atomic E-state index is 13.2. The van der Waals surface area contributed by atoms with Gasteiger partial charge in [0.05, 0.1) is 24.5 Å². The minimum absolute atomic E-state index is 0.0351. The number of carbonyl (C=O) groups is 2. The number of fused-ring (bicyclic) bond motifs is 1. The van der Waals surface area contributed by atoms with Gasteiger partial charge in [-0.25, -0.2) is 4.99 Å². The first-order valence-corrected chi connectivity index (χ1v) is 12.0. The summed E-state index contributed by atoms with van der Waals surface area (Å²) in [5.41, 5.74) is 7.75. The van der Waals surface area contributed by atoms with Crippen molar-refractivity contribution in [3.8, 4) is 5.75 Å². The molecule has 2 aromatic rings. The third-order valence-corrected chi connectivity index (χ3v) is 6.94. The predicted molar refractivity (Wildman–Crippen MR) is 133 cm³/mol. The van der Waals surface area contributed by atoms with Crippen molar-refractivity contribution in [2.24, 2.45) is 10.7 Å². The third-order valence-electron chi connectivity index (χ3n) is 6.94. The van der Waals surface area contributed by atoms with E-state index in [-0.39, 0.29) is 36.0 Å². The van der Waals surface area contributed by atoms with Gasteiger partial charge in [0, 0.05) is 17.5 Å². The lowest BCUT2D eigenvalue weighted by atomic mass is 9.88.